The zero-order valence-corrected chi connectivity index (χ0v) is 37.6. The molecule has 0 aliphatic rings. The Morgan fingerprint density at radius 1 is 0.313 bits per heavy atom. The van der Waals surface area contributed by atoms with Gasteiger partial charge in [0.25, 0.3) is 0 Å². The molecule has 15 rings (SSSR count). The smallest absolute Gasteiger partial charge is 0.156 e. The van der Waals surface area contributed by atoms with Gasteiger partial charge in [-0.2, -0.15) is 0 Å². The third kappa shape index (κ3) is 5.58. The lowest BCUT2D eigenvalue weighted by Crippen LogP contribution is -1.93. The average Bonchev–Trinajstić information content (AvgIpc) is 4.09. The zero-order chi connectivity index (χ0) is 43.7. The number of hydrogen-bond donors (Lipinski definition) is 0. The molecular formula is C63H36N2S2. The van der Waals surface area contributed by atoms with E-state index in [0.29, 0.717) is 0 Å². The van der Waals surface area contributed by atoms with Crippen molar-refractivity contribution in [1.29, 1.82) is 0 Å². The Labute approximate surface area is 392 Å². The van der Waals surface area contributed by atoms with Crippen LogP contribution in [0.25, 0.3) is 145 Å². The zero-order valence-electron chi connectivity index (χ0n) is 36.0. The molecule has 15 aromatic rings. The molecule has 0 radical (unpaired) electrons. The summed E-state index contributed by atoms with van der Waals surface area (Å²) in [6.45, 7) is 0. The van der Waals surface area contributed by atoms with Crippen LogP contribution in [0.5, 0.6) is 0 Å². The average molecular weight is 885 g/mol. The molecule has 4 heterocycles. The van der Waals surface area contributed by atoms with Crippen LogP contribution in [-0.4, -0.2) is 9.38 Å². The molecule has 4 heteroatoms. The van der Waals surface area contributed by atoms with Crippen molar-refractivity contribution in [3.63, 3.8) is 0 Å². The van der Waals surface area contributed by atoms with Gasteiger partial charge in [-0.25, -0.2) is 4.98 Å². The highest BCUT2D eigenvalue weighted by molar-refractivity contribution is 7.27. The second-order valence-corrected chi connectivity index (χ2v) is 19.9. The van der Waals surface area contributed by atoms with Crippen LogP contribution in [0.1, 0.15) is 0 Å². The fraction of sp³-hybridized carbons (Fsp3) is 0. The van der Waals surface area contributed by atoms with Crippen LogP contribution in [0, 0.1) is 0 Å². The third-order valence-corrected chi connectivity index (χ3v) is 16.5. The van der Waals surface area contributed by atoms with E-state index in [0.717, 1.165) is 27.9 Å². The van der Waals surface area contributed by atoms with Crippen LogP contribution in [0.2, 0.25) is 0 Å². The van der Waals surface area contributed by atoms with E-state index in [2.05, 4.69) is 223 Å². The lowest BCUT2D eigenvalue weighted by atomic mass is 9.91. The molecule has 0 bridgehead atoms. The van der Waals surface area contributed by atoms with Gasteiger partial charge in [-0.15, -0.1) is 22.7 Å². The Kier molecular flexibility index (Phi) is 7.85. The Bertz CT molecular complexity index is 4550. The topological polar surface area (TPSA) is 17.3 Å². The van der Waals surface area contributed by atoms with Crippen LogP contribution in [0.4, 0.5) is 0 Å². The summed E-state index contributed by atoms with van der Waals surface area (Å²) in [5, 5.41) is 15.0. The largest absolute Gasteiger partial charge is 0.291 e. The Balaban J connectivity index is 0.862. The normalized spacial score (nSPS) is 12.2. The summed E-state index contributed by atoms with van der Waals surface area (Å²) in [5.74, 6) is 0. The quantitative estimate of drug-likeness (QED) is 0.161. The highest BCUT2D eigenvalue weighted by Crippen LogP contribution is 2.45. The van der Waals surface area contributed by atoms with E-state index in [4.69, 9.17) is 4.98 Å². The number of thiophene rings is 2. The fourth-order valence-corrected chi connectivity index (χ4v) is 13.3. The van der Waals surface area contributed by atoms with Crippen molar-refractivity contribution in [3.8, 4) is 44.6 Å². The van der Waals surface area contributed by atoms with Gasteiger partial charge in [0, 0.05) is 41.0 Å². The van der Waals surface area contributed by atoms with Gasteiger partial charge in [0.05, 0.1) is 21.4 Å². The molecule has 11 aromatic carbocycles. The number of fused-ring (bicyclic) bond motifs is 15. The first-order chi connectivity index (χ1) is 33.2. The molecule has 0 amide bonds. The van der Waals surface area contributed by atoms with Gasteiger partial charge in [-0.3, -0.25) is 4.40 Å². The van der Waals surface area contributed by atoms with Crippen molar-refractivity contribution in [2.45, 2.75) is 0 Å². The number of benzene rings is 11. The standard InChI is InChI=1S/C63H36N2S2/c1-2-11-42-33-53-45(32-41(42)10-1)28-31-56-60(53)64-63-62-55(54-34-43-12-3-4-13-44(43)35-59(54)67-62)36-57(65(56)63)40-26-24-38(25-27-40)47-30-29-46(49-14-5-6-15-50(47)49)37-20-22-39(23-21-37)48-17-9-18-52-51-16-7-8-19-58(51)66-61(48)52/h1-36H. The molecule has 0 saturated carbocycles. The lowest BCUT2D eigenvalue weighted by Gasteiger charge is -2.14. The van der Waals surface area contributed by atoms with E-state index in [1.165, 1.54) is 117 Å². The van der Waals surface area contributed by atoms with Gasteiger partial charge in [0.1, 0.15) is 0 Å². The van der Waals surface area contributed by atoms with Gasteiger partial charge in [-0.1, -0.05) is 176 Å². The van der Waals surface area contributed by atoms with Gasteiger partial charge in [-0.05, 0) is 119 Å². The lowest BCUT2D eigenvalue weighted by molar-refractivity contribution is 1.25. The molecule has 0 fully saturated rings. The molecule has 67 heavy (non-hydrogen) atoms. The molecule has 0 saturated heterocycles. The maximum absolute atomic E-state index is 5.58. The van der Waals surface area contributed by atoms with E-state index in [1.807, 2.05) is 22.7 Å². The first-order valence-corrected chi connectivity index (χ1v) is 24.5. The number of rotatable bonds is 4. The first-order valence-electron chi connectivity index (χ1n) is 22.8. The Hall–Kier alpha value is -8.15. The second kappa shape index (κ2) is 14.2. The Morgan fingerprint density at radius 3 is 1.57 bits per heavy atom. The summed E-state index contributed by atoms with van der Waals surface area (Å²) in [7, 11) is 0. The van der Waals surface area contributed by atoms with Crippen LogP contribution in [0.15, 0.2) is 218 Å². The fourth-order valence-electron chi connectivity index (χ4n) is 10.9. The van der Waals surface area contributed by atoms with E-state index in [9.17, 15) is 0 Å². The first kappa shape index (κ1) is 37.1. The van der Waals surface area contributed by atoms with Crippen molar-refractivity contribution in [1.82, 2.24) is 9.38 Å². The highest BCUT2D eigenvalue weighted by atomic mass is 32.1. The monoisotopic (exact) mass is 884 g/mol. The van der Waals surface area contributed by atoms with Crippen LogP contribution >= 0.6 is 22.7 Å². The van der Waals surface area contributed by atoms with Crippen LogP contribution < -0.4 is 0 Å². The number of imidazole rings is 1. The number of hydrogen-bond acceptors (Lipinski definition) is 3. The number of pyridine rings is 1. The predicted molar refractivity (Wildman–Crippen MR) is 290 cm³/mol. The molecule has 0 aliphatic heterocycles. The number of nitrogens with zero attached hydrogens (tertiary/aromatic N) is 2. The van der Waals surface area contributed by atoms with E-state index >= 15 is 0 Å². The van der Waals surface area contributed by atoms with Crippen molar-refractivity contribution in [3.05, 3.63) is 218 Å². The van der Waals surface area contributed by atoms with Crippen LogP contribution in [0.3, 0.4) is 0 Å². The third-order valence-electron chi connectivity index (χ3n) is 14.2. The molecule has 2 nitrogen and oxygen atoms in total. The van der Waals surface area contributed by atoms with Crippen LogP contribution in [-0.2, 0) is 0 Å². The van der Waals surface area contributed by atoms with E-state index < -0.39 is 0 Å². The summed E-state index contributed by atoms with van der Waals surface area (Å²) >= 11 is 3.73. The van der Waals surface area contributed by atoms with Crippen molar-refractivity contribution >= 4 is 123 Å². The molecule has 0 N–H and O–H groups in total. The van der Waals surface area contributed by atoms with Gasteiger partial charge in [0.2, 0.25) is 0 Å². The maximum atomic E-state index is 5.58. The summed E-state index contributed by atoms with van der Waals surface area (Å²) in [5.41, 5.74) is 12.8. The van der Waals surface area contributed by atoms with Crippen molar-refractivity contribution < 1.29 is 0 Å². The SMILES string of the molecule is c1ccc2cc3c(ccc4c3nc3c5sc6cc7ccccc7cc6c5cc(-c5ccc(-c6ccc(-c7ccc(-c8cccc9c8sc8ccccc89)cc7)c7ccccc67)cc5)n43)cc2c1. The van der Waals surface area contributed by atoms with E-state index in [-0.39, 0.29) is 0 Å². The van der Waals surface area contributed by atoms with E-state index in [1.54, 1.807) is 0 Å². The van der Waals surface area contributed by atoms with Gasteiger partial charge in [0.15, 0.2) is 5.65 Å². The number of aromatic nitrogens is 2. The molecule has 0 aliphatic carbocycles. The minimum absolute atomic E-state index is 1.00. The summed E-state index contributed by atoms with van der Waals surface area (Å²) in [6, 6.07) is 80.9. The van der Waals surface area contributed by atoms with Crippen molar-refractivity contribution in [2.24, 2.45) is 0 Å². The molecule has 0 unspecified atom stereocenters. The van der Waals surface area contributed by atoms with Crippen molar-refractivity contribution in [2.75, 3.05) is 0 Å². The van der Waals surface area contributed by atoms with Gasteiger partial charge < -0.3 is 0 Å². The molecule has 0 atom stereocenters. The molecular weight excluding hydrogens is 849 g/mol. The Morgan fingerprint density at radius 2 is 0.866 bits per heavy atom. The minimum atomic E-state index is 1.00. The second-order valence-electron chi connectivity index (χ2n) is 17.8. The molecule has 0 spiro atoms. The molecule has 310 valence electrons. The summed E-state index contributed by atoms with van der Waals surface area (Å²) in [4.78, 5) is 5.58. The summed E-state index contributed by atoms with van der Waals surface area (Å²) < 4.78 is 7.58. The summed E-state index contributed by atoms with van der Waals surface area (Å²) in [6.07, 6.45) is 0. The highest BCUT2D eigenvalue weighted by Gasteiger charge is 2.20. The molecule has 4 aromatic heterocycles. The maximum Gasteiger partial charge on any atom is 0.156 e. The predicted octanol–water partition coefficient (Wildman–Crippen LogP) is 18.5. The van der Waals surface area contributed by atoms with Gasteiger partial charge >= 0.3 is 0 Å². The minimum Gasteiger partial charge on any atom is -0.291 e.